The second-order valence-electron chi connectivity index (χ2n) is 4.81. The molecule has 1 aliphatic carbocycles. The minimum Gasteiger partial charge on any atom is -0.508 e. The molecule has 1 aromatic carbocycles. The van der Waals surface area contributed by atoms with Crippen LogP contribution in [0.2, 0.25) is 0 Å². The molecule has 2 rings (SSSR count). The first kappa shape index (κ1) is 11.5. The van der Waals surface area contributed by atoms with Crippen LogP contribution in [0.5, 0.6) is 5.75 Å². The second kappa shape index (κ2) is 4.46. The summed E-state index contributed by atoms with van der Waals surface area (Å²) >= 11 is 0. The quantitative estimate of drug-likeness (QED) is 0.821. The summed E-state index contributed by atoms with van der Waals surface area (Å²) in [7, 11) is 0. The standard InChI is InChI=1S/C14H20O2/c1-2-14(16,11-5-3-4-6-11)12-7-9-13(15)10-8-12/h7-11,15-16H,2-6H2,1H3. The van der Waals surface area contributed by atoms with Crippen molar-refractivity contribution in [3.8, 4) is 5.75 Å². The number of rotatable bonds is 3. The lowest BCUT2D eigenvalue weighted by Gasteiger charge is -2.33. The van der Waals surface area contributed by atoms with Crippen molar-refractivity contribution in [1.82, 2.24) is 0 Å². The van der Waals surface area contributed by atoms with Crippen LogP contribution in [0, 0.1) is 5.92 Å². The van der Waals surface area contributed by atoms with Crippen molar-refractivity contribution in [1.29, 1.82) is 0 Å². The van der Waals surface area contributed by atoms with E-state index < -0.39 is 5.60 Å². The van der Waals surface area contributed by atoms with Gasteiger partial charge in [0, 0.05) is 0 Å². The smallest absolute Gasteiger partial charge is 0.115 e. The lowest BCUT2D eigenvalue weighted by molar-refractivity contribution is -0.0256. The molecule has 0 aromatic heterocycles. The SMILES string of the molecule is CCC(O)(c1ccc(O)cc1)C1CCCC1. The Morgan fingerprint density at radius 1 is 1.19 bits per heavy atom. The lowest BCUT2D eigenvalue weighted by Crippen LogP contribution is -2.32. The highest BCUT2D eigenvalue weighted by Gasteiger charge is 2.38. The van der Waals surface area contributed by atoms with E-state index in [9.17, 15) is 10.2 Å². The Labute approximate surface area is 96.9 Å². The van der Waals surface area contributed by atoms with E-state index in [1.54, 1.807) is 12.1 Å². The number of aromatic hydroxyl groups is 1. The van der Waals surface area contributed by atoms with Crippen molar-refractivity contribution >= 4 is 0 Å². The Hall–Kier alpha value is -1.02. The summed E-state index contributed by atoms with van der Waals surface area (Å²) in [6.45, 7) is 2.03. The Morgan fingerprint density at radius 2 is 1.75 bits per heavy atom. The van der Waals surface area contributed by atoms with Gasteiger partial charge in [0.15, 0.2) is 0 Å². The number of phenols is 1. The molecule has 2 heteroatoms. The van der Waals surface area contributed by atoms with Crippen LogP contribution >= 0.6 is 0 Å². The maximum absolute atomic E-state index is 10.8. The minimum atomic E-state index is -0.704. The zero-order chi connectivity index (χ0) is 11.6. The zero-order valence-electron chi connectivity index (χ0n) is 9.82. The Morgan fingerprint density at radius 3 is 2.25 bits per heavy atom. The van der Waals surface area contributed by atoms with Gasteiger partial charge in [-0.25, -0.2) is 0 Å². The van der Waals surface area contributed by atoms with Crippen LogP contribution in [0.4, 0.5) is 0 Å². The van der Waals surface area contributed by atoms with Crippen molar-refractivity contribution in [2.75, 3.05) is 0 Å². The van der Waals surface area contributed by atoms with Gasteiger partial charge in [0.05, 0.1) is 5.60 Å². The normalized spacial score (nSPS) is 20.9. The third-order valence-corrected chi connectivity index (χ3v) is 3.94. The van der Waals surface area contributed by atoms with Crippen LogP contribution in [0.25, 0.3) is 0 Å². The molecule has 0 aliphatic heterocycles. The van der Waals surface area contributed by atoms with E-state index in [-0.39, 0.29) is 5.75 Å². The fraction of sp³-hybridized carbons (Fsp3) is 0.571. The van der Waals surface area contributed by atoms with Gasteiger partial charge in [-0.15, -0.1) is 0 Å². The van der Waals surface area contributed by atoms with Crippen LogP contribution in [-0.2, 0) is 5.60 Å². The Bertz CT molecular complexity index is 338. The average Bonchev–Trinajstić information content (AvgIpc) is 2.83. The van der Waals surface area contributed by atoms with E-state index in [1.165, 1.54) is 12.8 Å². The molecular formula is C14H20O2. The summed E-state index contributed by atoms with van der Waals surface area (Å²) in [6.07, 6.45) is 5.43. The molecule has 2 nitrogen and oxygen atoms in total. The number of benzene rings is 1. The zero-order valence-corrected chi connectivity index (χ0v) is 9.82. The Kier molecular flexibility index (Phi) is 3.20. The molecule has 0 radical (unpaired) electrons. The van der Waals surface area contributed by atoms with Crippen molar-refractivity contribution in [2.45, 2.75) is 44.6 Å². The van der Waals surface area contributed by atoms with E-state index in [0.717, 1.165) is 24.8 Å². The van der Waals surface area contributed by atoms with Gasteiger partial charge in [0.1, 0.15) is 5.75 Å². The van der Waals surface area contributed by atoms with Crippen LogP contribution in [-0.4, -0.2) is 10.2 Å². The monoisotopic (exact) mass is 220 g/mol. The minimum absolute atomic E-state index is 0.258. The van der Waals surface area contributed by atoms with Crippen LogP contribution in [0.3, 0.4) is 0 Å². The van der Waals surface area contributed by atoms with Crippen LogP contribution < -0.4 is 0 Å². The van der Waals surface area contributed by atoms with Crippen molar-refractivity contribution in [3.05, 3.63) is 29.8 Å². The van der Waals surface area contributed by atoms with Crippen molar-refractivity contribution < 1.29 is 10.2 Å². The maximum Gasteiger partial charge on any atom is 0.115 e. The highest BCUT2D eigenvalue weighted by molar-refractivity contribution is 5.30. The van der Waals surface area contributed by atoms with Crippen molar-refractivity contribution in [3.63, 3.8) is 0 Å². The summed E-state index contributed by atoms with van der Waals surface area (Å²) in [5.41, 5.74) is 0.240. The predicted molar refractivity (Wildman–Crippen MR) is 64.3 cm³/mol. The van der Waals surface area contributed by atoms with Gasteiger partial charge in [-0.1, -0.05) is 31.9 Å². The first-order valence-corrected chi connectivity index (χ1v) is 6.18. The molecule has 1 saturated carbocycles. The van der Waals surface area contributed by atoms with Gasteiger partial charge in [0.25, 0.3) is 0 Å². The predicted octanol–water partition coefficient (Wildman–Crippen LogP) is 3.18. The van der Waals surface area contributed by atoms with E-state index in [1.807, 2.05) is 19.1 Å². The molecule has 2 N–H and O–H groups in total. The summed E-state index contributed by atoms with van der Waals surface area (Å²) < 4.78 is 0. The molecule has 1 unspecified atom stereocenters. The fourth-order valence-electron chi connectivity index (χ4n) is 2.88. The van der Waals surface area contributed by atoms with E-state index in [0.29, 0.717) is 5.92 Å². The van der Waals surface area contributed by atoms with Crippen LogP contribution in [0.1, 0.15) is 44.6 Å². The molecule has 0 spiro atoms. The molecule has 1 aliphatic rings. The largest absolute Gasteiger partial charge is 0.508 e. The number of phenolic OH excluding ortho intramolecular Hbond substituents is 1. The van der Waals surface area contributed by atoms with Crippen molar-refractivity contribution in [2.24, 2.45) is 5.92 Å². The first-order valence-electron chi connectivity index (χ1n) is 6.18. The molecule has 1 atom stereocenters. The topological polar surface area (TPSA) is 40.5 Å². The molecule has 16 heavy (non-hydrogen) atoms. The third kappa shape index (κ3) is 1.94. The van der Waals surface area contributed by atoms with Gasteiger partial charge >= 0.3 is 0 Å². The van der Waals surface area contributed by atoms with E-state index in [2.05, 4.69) is 0 Å². The fourth-order valence-corrected chi connectivity index (χ4v) is 2.88. The van der Waals surface area contributed by atoms with E-state index in [4.69, 9.17) is 0 Å². The molecule has 0 amide bonds. The molecule has 1 aromatic rings. The summed E-state index contributed by atoms with van der Waals surface area (Å²) in [5.74, 6) is 0.635. The van der Waals surface area contributed by atoms with Crippen LogP contribution in [0.15, 0.2) is 24.3 Å². The average molecular weight is 220 g/mol. The molecule has 0 bridgehead atoms. The summed E-state index contributed by atoms with van der Waals surface area (Å²) in [4.78, 5) is 0. The molecule has 1 fully saturated rings. The lowest BCUT2D eigenvalue weighted by atomic mass is 9.78. The highest BCUT2D eigenvalue weighted by atomic mass is 16.3. The highest BCUT2D eigenvalue weighted by Crippen LogP contribution is 2.42. The molecule has 0 saturated heterocycles. The molecule has 0 heterocycles. The Balaban J connectivity index is 2.29. The third-order valence-electron chi connectivity index (χ3n) is 3.94. The van der Waals surface area contributed by atoms with Gasteiger partial charge < -0.3 is 10.2 Å². The van der Waals surface area contributed by atoms with Gasteiger partial charge in [-0.05, 0) is 42.9 Å². The van der Waals surface area contributed by atoms with Gasteiger partial charge in [0.2, 0.25) is 0 Å². The second-order valence-corrected chi connectivity index (χ2v) is 4.81. The maximum atomic E-state index is 10.8. The summed E-state index contributed by atoms with van der Waals surface area (Å²) in [5, 5.41) is 20.1. The molecule has 88 valence electrons. The van der Waals surface area contributed by atoms with Gasteiger partial charge in [-0.2, -0.15) is 0 Å². The number of hydrogen-bond donors (Lipinski definition) is 2. The van der Waals surface area contributed by atoms with E-state index >= 15 is 0 Å². The number of aliphatic hydroxyl groups is 1. The number of hydrogen-bond acceptors (Lipinski definition) is 2. The molecular weight excluding hydrogens is 200 g/mol. The van der Waals surface area contributed by atoms with Gasteiger partial charge in [-0.3, -0.25) is 0 Å². The first-order chi connectivity index (χ1) is 7.66. The summed E-state index contributed by atoms with van der Waals surface area (Å²) in [6, 6.07) is 7.00.